The second kappa shape index (κ2) is 6.00. The first-order valence-corrected chi connectivity index (χ1v) is 7.46. The summed E-state index contributed by atoms with van der Waals surface area (Å²) in [5, 5.41) is 1.92. The zero-order chi connectivity index (χ0) is 13.8. The van der Waals surface area contributed by atoms with Crippen LogP contribution in [0.4, 0.5) is 0 Å². The number of nitrogens with zero attached hydrogens (tertiary/aromatic N) is 3. The maximum atomic E-state index is 12.3. The summed E-state index contributed by atoms with van der Waals surface area (Å²) in [6, 6.07) is 5.50. The molecular weight excluding hydrogens is 274 g/mol. The maximum absolute atomic E-state index is 12.3. The van der Waals surface area contributed by atoms with Crippen molar-refractivity contribution in [1.82, 2.24) is 14.9 Å². The number of thiophene rings is 1. The van der Waals surface area contributed by atoms with E-state index in [1.807, 2.05) is 22.4 Å². The van der Waals surface area contributed by atoms with Gasteiger partial charge < -0.3 is 9.64 Å². The molecule has 1 amide bonds. The fourth-order valence-electron chi connectivity index (χ4n) is 2.29. The van der Waals surface area contributed by atoms with Crippen LogP contribution in [0, 0.1) is 0 Å². The van der Waals surface area contributed by atoms with Gasteiger partial charge in [-0.1, -0.05) is 6.07 Å². The molecule has 0 bridgehead atoms. The molecule has 104 valence electrons. The van der Waals surface area contributed by atoms with Crippen LogP contribution in [-0.2, 0) is 0 Å². The zero-order valence-electron chi connectivity index (χ0n) is 10.9. The number of likely N-dealkylation sites (tertiary alicyclic amines) is 1. The van der Waals surface area contributed by atoms with E-state index in [2.05, 4.69) is 9.97 Å². The molecule has 0 N–H and O–H groups in total. The van der Waals surface area contributed by atoms with Gasteiger partial charge in [0.1, 0.15) is 12.4 Å². The predicted octanol–water partition coefficient (Wildman–Crippen LogP) is 2.22. The Hall–Kier alpha value is -1.95. The molecule has 0 unspecified atom stereocenters. The van der Waals surface area contributed by atoms with Gasteiger partial charge in [-0.2, -0.15) is 0 Å². The molecule has 3 rings (SSSR count). The quantitative estimate of drug-likeness (QED) is 0.869. The van der Waals surface area contributed by atoms with Crippen LogP contribution in [0.2, 0.25) is 0 Å². The molecule has 1 saturated heterocycles. The van der Waals surface area contributed by atoms with Gasteiger partial charge in [0, 0.05) is 18.8 Å². The van der Waals surface area contributed by atoms with Gasteiger partial charge in [-0.15, -0.1) is 11.3 Å². The summed E-state index contributed by atoms with van der Waals surface area (Å²) < 4.78 is 5.81. The average Bonchev–Trinajstić information content (AvgIpc) is 3.02. The molecule has 3 heterocycles. The first kappa shape index (κ1) is 13.1. The molecule has 1 atom stereocenters. The van der Waals surface area contributed by atoms with Crippen LogP contribution in [0.5, 0.6) is 5.88 Å². The van der Waals surface area contributed by atoms with Crippen molar-refractivity contribution in [2.24, 2.45) is 0 Å². The monoisotopic (exact) mass is 289 g/mol. The van der Waals surface area contributed by atoms with Gasteiger partial charge in [-0.05, 0) is 24.3 Å². The largest absolute Gasteiger partial charge is 0.472 e. The third-order valence-corrected chi connectivity index (χ3v) is 4.10. The highest BCUT2D eigenvalue weighted by Crippen LogP contribution is 2.19. The molecule has 0 aliphatic carbocycles. The minimum absolute atomic E-state index is 0.00237. The Bertz CT molecular complexity index is 559. The van der Waals surface area contributed by atoms with Crippen molar-refractivity contribution in [2.75, 3.05) is 13.1 Å². The summed E-state index contributed by atoms with van der Waals surface area (Å²) in [4.78, 5) is 22.9. The van der Waals surface area contributed by atoms with Crippen molar-refractivity contribution in [1.29, 1.82) is 0 Å². The van der Waals surface area contributed by atoms with Gasteiger partial charge in [-0.25, -0.2) is 9.97 Å². The van der Waals surface area contributed by atoms with E-state index in [9.17, 15) is 4.79 Å². The summed E-state index contributed by atoms with van der Waals surface area (Å²) in [5.41, 5.74) is 0. The molecular formula is C14H15N3O2S. The Morgan fingerprint density at radius 2 is 2.40 bits per heavy atom. The highest BCUT2D eigenvalue weighted by Gasteiger charge is 2.26. The van der Waals surface area contributed by atoms with Gasteiger partial charge in [0.25, 0.3) is 5.91 Å². The lowest BCUT2D eigenvalue weighted by Crippen LogP contribution is -2.44. The summed E-state index contributed by atoms with van der Waals surface area (Å²) in [7, 11) is 0. The van der Waals surface area contributed by atoms with Crippen LogP contribution < -0.4 is 4.74 Å². The summed E-state index contributed by atoms with van der Waals surface area (Å²) in [5.74, 6) is 0.659. The van der Waals surface area contributed by atoms with E-state index in [-0.39, 0.29) is 12.0 Å². The molecule has 0 spiro atoms. The van der Waals surface area contributed by atoms with Crippen molar-refractivity contribution in [2.45, 2.75) is 18.9 Å². The van der Waals surface area contributed by atoms with Crippen molar-refractivity contribution in [3.8, 4) is 5.88 Å². The standard InChI is InChI=1S/C14H15N3O2S/c18-14(12-4-2-8-20-12)17-7-1-3-11(9-17)19-13-5-6-15-10-16-13/h2,4-6,8,10-11H,1,3,7,9H2/t11-/m0/s1. The lowest BCUT2D eigenvalue weighted by Gasteiger charge is -2.32. The molecule has 6 heteroatoms. The van der Waals surface area contributed by atoms with Crippen LogP contribution in [-0.4, -0.2) is 40.0 Å². The number of amides is 1. The molecule has 2 aromatic heterocycles. The number of hydrogen-bond donors (Lipinski definition) is 0. The number of aromatic nitrogens is 2. The number of rotatable bonds is 3. The van der Waals surface area contributed by atoms with Crippen molar-refractivity contribution >= 4 is 17.2 Å². The van der Waals surface area contributed by atoms with Crippen molar-refractivity contribution < 1.29 is 9.53 Å². The Morgan fingerprint density at radius 3 is 3.15 bits per heavy atom. The first-order valence-electron chi connectivity index (χ1n) is 6.58. The van der Waals surface area contributed by atoms with E-state index in [0.29, 0.717) is 12.4 Å². The van der Waals surface area contributed by atoms with E-state index in [0.717, 1.165) is 24.3 Å². The SMILES string of the molecule is O=C(c1cccs1)N1CCC[C@H](Oc2ccncn2)C1. The normalized spacial score (nSPS) is 18.8. The topological polar surface area (TPSA) is 55.3 Å². The highest BCUT2D eigenvalue weighted by atomic mass is 32.1. The Morgan fingerprint density at radius 1 is 1.45 bits per heavy atom. The lowest BCUT2D eigenvalue weighted by atomic mass is 10.1. The fraction of sp³-hybridized carbons (Fsp3) is 0.357. The minimum atomic E-state index is 0.00237. The van der Waals surface area contributed by atoms with Gasteiger partial charge in [-0.3, -0.25) is 4.79 Å². The molecule has 1 fully saturated rings. The average molecular weight is 289 g/mol. The number of carbonyl (C=O) groups is 1. The van der Waals surface area contributed by atoms with E-state index in [1.54, 1.807) is 12.3 Å². The van der Waals surface area contributed by atoms with Crippen LogP contribution >= 0.6 is 11.3 Å². The number of ether oxygens (including phenoxy) is 1. The van der Waals surface area contributed by atoms with Gasteiger partial charge in [0.2, 0.25) is 5.88 Å². The molecule has 1 aliphatic heterocycles. The van der Waals surface area contributed by atoms with Crippen molar-refractivity contribution in [3.05, 3.63) is 41.0 Å². The fourth-order valence-corrected chi connectivity index (χ4v) is 2.98. The summed E-state index contributed by atoms with van der Waals surface area (Å²) in [6.07, 6.45) is 5.01. The van der Waals surface area contributed by atoms with Gasteiger partial charge in [0.05, 0.1) is 11.4 Å². The number of hydrogen-bond acceptors (Lipinski definition) is 5. The Balaban J connectivity index is 1.63. The highest BCUT2D eigenvalue weighted by molar-refractivity contribution is 7.12. The molecule has 0 radical (unpaired) electrons. The third-order valence-electron chi connectivity index (χ3n) is 3.24. The Kier molecular flexibility index (Phi) is 3.92. The van der Waals surface area contributed by atoms with Gasteiger partial charge >= 0.3 is 0 Å². The summed E-state index contributed by atoms with van der Waals surface area (Å²) >= 11 is 1.48. The molecule has 1 aliphatic rings. The molecule has 20 heavy (non-hydrogen) atoms. The predicted molar refractivity (Wildman–Crippen MR) is 75.9 cm³/mol. The lowest BCUT2D eigenvalue weighted by molar-refractivity contribution is 0.0531. The molecule has 5 nitrogen and oxygen atoms in total. The van der Waals surface area contributed by atoms with Crippen LogP contribution in [0.1, 0.15) is 22.5 Å². The molecule has 0 aromatic carbocycles. The molecule has 0 saturated carbocycles. The summed E-state index contributed by atoms with van der Waals surface area (Å²) in [6.45, 7) is 1.40. The maximum Gasteiger partial charge on any atom is 0.264 e. The second-order valence-electron chi connectivity index (χ2n) is 4.66. The van der Waals surface area contributed by atoms with E-state index < -0.39 is 0 Å². The molecule has 2 aromatic rings. The Labute approximate surface area is 121 Å². The second-order valence-corrected chi connectivity index (χ2v) is 5.61. The van der Waals surface area contributed by atoms with Crippen LogP contribution in [0.15, 0.2) is 36.1 Å². The number of piperidine rings is 1. The van der Waals surface area contributed by atoms with Crippen molar-refractivity contribution in [3.63, 3.8) is 0 Å². The van der Waals surface area contributed by atoms with Gasteiger partial charge in [0.15, 0.2) is 0 Å². The smallest absolute Gasteiger partial charge is 0.264 e. The number of carbonyl (C=O) groups excluding carboxylic acids is 1. The van der Waals surface area contributed by atoms with E-state index in [4.69, 9.17) is 4.74 Å². The van der Waals surface area contributed by atoms with E-state index >= 15 is 0 Å². The minimum Gasteiger partial charge on any atom is -0.472 e. The van der Waals surface area contributed by atoms with E-state index in [1.165, 1.54) is 17.7 Å². The third kappa shape index (κ3) is 2.96. The first-order chi connectivity index (χ1) is 9.83. The van der Waals surface area contributed by atoms with Crippen LogP contribution in [0.25, 0.3) is 0 Å². The van der Waals surface area contributed by atoms with Crippen LogP contribution in [0.3, 0.4) is 0 Å². The zero-order valence-corrected chi connectivity index (χ0v) is 11.8.